The molecule has 1 amide bonds. The van der Waals surface area contributed by atoms with Gasteiger partial charge >= 0.3 is 0 Å². The fraction of sp³-hybridized carbons (Fsp3) is 0.421. The summed E-state index contributed by atoms with van der Waals surface area (Å²) in [7, 11) is 3.07. The first-order valence-electron chi connectivity index (χ1n) is 8.62. The van der Waals surface area contributed by atoms with Crippen LogP contribution in [0.1, 0.15) is 24.6 Å². The van der Waals surface area contributed by atoms with Gasteiger partial charge in [0.2, 0.25) is 5.91 Å². The Kier molecular flexibility index (Phi) is 5.25. The van der Waals surface area contributed by atoms with Gasteiger partial charge in [0.1, 0.15) is 18.0 Å². The number of fused-ring (bicyclic) bond motifs is 1. The Hall–Kier alpha value is -2.83. The Labute approximate surface area is 151 Å². The molecule has 138 valence electrons. The van der Waals surface area contributed by atoms with Gasteiger partial charge in [-0.05, 0) is 42.9 Å². The second-order valence-corrected chi connectivity index (χ2v) is 6.57. The van der Waals surface area contributed by atoms with E-state index < -0.39 is 0 Å². The molecule has 7 nitrogen and oxygen atoms in total. The standard InChI is InChI=1S/C19H23N3O4/c1-12-4-6-15-13(8-12)9-19(24)22(21-15)11-18(23)20-16-10-14(25-2)5-7-17(16)26-3/h5,7,9-10,12H,4,6,8,11H2,1-3H3,(H,20,23)/t12-/m1/s1. The first-order chi connectivity index (χ1) is 12.5. The summed E-state index contributed by atoms with van der Waals surface area (Å²) in [5.74, 6) is 1.32. The number of methoxy groups -OCH3 is 2. The van der Waals surface area contributed by atoms with Crippen LogP contribution in [-0.4, -0.2) is 29.9 Å². The quantitative estimate of drug-likeness (QED) is 0.885. The summed E-state index contributed by atoms with van der Waals surface area (Å²) in [5, 5.41) is 7.15. The molecule has 0 radical (unpaired) electrons. The van der Waals surface area contributed by atoms with Crippen molar-refractivity contribution in [3.05, 3.63) is 45.9 Å². The van der Waals surface area contributed by atoms with Crippen LogP contribution in [0.5, 0.6) is 11.5 Å². The molecule has 0 saturated carbocycles. The minimum Gasteiger partial charge on any atom is -0.497 e. The van der Waals surface area contributed by atoms with Crippen LogP contribution in [-0.2, 0) is 24.2 Å². The number of hydrogen-bond acceptors (Lipinski definition) is 5. The summed E-state index contributed by atoms with van der Waals surface area (Å²) < 4.78 is 11.6. The monoisotopic (exact) mass is 357 g/mol. The van der Waals surface area contributed by atoms with Gasteiger partial charge in [-0.25, -0.2) is 4.68 Å². The molecule has 1 aliphatic rings. The van der Waals surface area contributed by atoms with Crippen LogP contribution in [0.15, 0.2) is 29.1 Å². The minimum atomic E-state index is -0.352. The Balaban J connectivity index is 1.78. The maximum atomic E-state index is 12.4. The topological polar surface area (TPSA) is 82.4 Å². The lowest BCUT2D eigenvalue weighted by Crippen LogP contribution is -2.32. The number of ether oxygens (including phenoxy) is 2. The third-order valence-corrected chi connectivity index (χ3v) is 4.58. The number of aryl methyl sites for hydroxylation is 1. The zero-order valence-electron chi connectivity index (χ0n) is 15.2. The SMILES string of the molecule is COc1ccc(OC)c(NC(=O)Cn2nc3c(cc2=O)C[C@H](C)CC3)c1. The molecule has 1 N–H and O–H groups in total. The average molecular weight is 357 g/mol. The Bertz CT molecular complexity index is 876. The highest BCUT2D eigenvalue weighted by atomic mass is 16.5. The number of nitrogens with one attached hydrogen (secondary N) is 1. The van der Waals surface area contributed by atoms with Gasteiger partial charge in [0.05, 0.1) is 25.6 Å². The van der Waals surface area contributed by atoms with Crippen molar-refractivity contribution in [3.63, 3.8) is 0 Å². The van der Waals surface area contributed by atoms with Crippen molar-refractivity contribution < 1.29 is 14.3 Å². The maximum Gasteiger partial charge on any atom is 0.267 e. The molecule has 3 rings (SSSR count). The van der Waals surface area contributed by atoms with Crippen LogP contribution >= 0.6 is 0 Å². The first-order valence-corrected chi connectivity index (χ1v) is 8.62. The molecule has 1 aliphatic carbocycles. The number of rotatable bonds is 5. The van der Waals surface area contributed by atoms with Gasteiger partial charge in [-0.3, -0.25) is 9.59 Å². The molecule has 0 unspecified atom stereocenters. The Morgan fingerprint density at radius 2 is 2.12 bits per heavy atom. The fourth-order valence-electron chi connectivity index (χ4n) is 3.16. The molecule has 7 heteroatoms. The second kappa shape index (κ2) is 7.59. The number of hydrogen-bond donors (Lipinski definition) is 1. The van der Waals surface area contributed by atoms with E-state index in [1.54, 1.807) is 31.4 Å². The normalized spacial score (nSPS) is 15.9. The van der Waals surface area contributed by atoms with Crippen molar-refractivity contribution in [3.8, 4) is 11.5 Å². The first kappa shape index (κ1) is 18.0. The average Bonchev–Trinajstić information content (AvgIpc) is 2.62. The maximum absolute atomic E-state index is 12.4. The molecule has 0 spiro atoms. The number of carbonyl (C=O) groups is 1. The van der Waals surface area contributed by atoms with E-state index in [1.807, 2.05) is 0 Å². The summed E-state index contributed by atoms with van der Waals surface area (Å²) in [6.07, 6.45) is 2.75. The highest BCUT2D eigenvalue weighted by Crippen LogP contribution is 2.28. The molecule has 2 aromatic rings. The summed E-state index contributed by atoms with van der Waals surface area (Å²) >= 11 is 0. The summed E-state index contributed by atoms with van der Waals surface area (Å²) in [6.45, 7) is 2.02. The Morgan fingerprint density at radius 1 is 1.31 bits per heavy atom. The van der Waals surface area contributed by atoms with Gasteiger partial charge < -0.3 is 14.8 Å². The molecule has 1 aromatic heterocycles. The number of nitrogens with zero attached hydrogens (tertiary/aromatic N) is 2. The molecule has 0 bridgehead atoms. The molecular weight excluding hydrogens is 334 g/mol. The fourth-order valence-corrected chi connectivity index (χ4v) is 3.16. The van der Waals surface area contributed by atoms with Crippen molar-refractivity contribution >= 4 is 11.6 Å². The van der Waals surface area contributed by atoms with Gasteiger partial charge in [0.25, 0.3) is 5.56 Å². The van der Waals surface area contributed by atoms with E-state index in [2.05, 4.69) is 17.3 Å². The molecule has 1 atom stereocenters. The van der Waals surface area contributed by atoms with Crippen molar-refractivity contribution in [2.24, 2.45) is 5.92 Å². The summed E-state index contributed by atoms with van der Waals surface area (Å²) in [5.41, 5.74) is 2.14. The smallest absolute Gasteiger partial charge is 0.267 e. The summed E-state index contributed by atoms with van der Waals surface area (Å²) in [4.78, 5) is 24.7. The third kappa shape index (κ3) is 3.87. The highest BCUT2D eigenvalue weighted by molar-refractivity contribution is 5.92. The van der Waals surface area contributed by atoms with Gasteiger partial charge in [-0.15, -0.1) is 0 Å². The van der Waals surface area contributed by atoms with E-state index >= 15 is 0 Å². The van der Waals surface area contributed by atoms with Crippen LogP contribution in [0.2, 0.25) is 0 Å². The van der Waals surface area contributed by atoms with Crippen LogP contribution in [0.25, 0.3) is 0 Å². The molecule has 1 aromatic carbocycles. The number of benzene rings is 1. The van der Waals surface area contributed by atoms with E-state index in [4.69, 9.17) is 9.47 Å². The predicted molar refractivity (Wildman–Crippen MR) is 97.9 cm³/mol. The van der Waals surface area contributed by atoms with Gasteiger partial charge in [0, 0.05) is 12.1 Å². The molecule has 1 heterocycles. The molecule has 0 saturated heterocycles. The Morgan fingerprint density at radius 3 is 2.85 bits per heavy atom. The van der Waals surface area contributed by atoms with Gasteiger partial charge in [-0.1, -0.05) is 6.92 Å². The number of amides is 1. The van der Waals surface area contributed by atoms with E-state index in [0.29, 0.717) is 23.1 Å². The predicted octanol–water partition coefficient (Wildman–Crippen LogP) is 2.02. The molecular formula is C19H23N3O4. The lowest BCUT2D eigenvalue weighted by Gasteiger charge is -2.20. The molecule has 0 aliphatic heterocycles. The van der Waals surface area contributed by atoms with Crippen LogP contribution in [0.4, 0.5) is 5.69 Å². The highest BCUT2D eigenvalue weighted by Gasteiger charge is 2.19. The number of aromatic nitrogens is 2. The van der Waals surface area contributed by atoms with Crippen molar-refractivity contribution in [2.45, 2.75) is 32.7 Å². The molecule has 0 fully saturated rings. The van der Waals surface area contributed by atoms with Gasteiger partial charge in [0.15, 0.2) is 0 Å². The van der Waals surface area contributed by atoms with Crippen LogP contribution in [0, 0.1) is 5.92 Å². The summed E-state index contributed by atoms with van der Waals surface area (Å²) in [6, 6.07) is 6.72. The van der Waals surface area contributed by atoms with E-state index in [0.717, 1.165) is 30.5 Å². The van der Waals surface area contributed by atoms with Crippen molar-refractivity contribution in [1.82, 2.24) is 9.78 Å². The van der Waals surface area contributed by atoms with E-state index in [1.165, 1.54) is 11.8 Å². The lowest BCUT2D eigenvalue weighted by atomic mass is 9.88. The van der Waals surface area contributed by atoms with Crippen LogP contribution in [0.3, 0.4) is 0 Å². The van der Waals surface area contributed by atoms with Crippen LogP contribution < -0.4 is 20.3 Å². The third-order valence-electron chi connectivity index (χ3n) is 4.58. The second-order valence-electron chi connectivity index (χ2n) is 6.57. The largest absolute Gasteiger partial charge is 0.497 e. The van der Waals surface area contributed by atoms with Crippen molar-refractivity contribution in [2.75, 3.05) is 19.5 Å². The lowest BCUT2D eigenvalue weighted by molar-refractivity contribution is -0.117. The minimum absolute atomic E-state index is 0.151. The van der Waals surface area contributed by atoms with Crippen molar-refractivity contribution in [1.29, 1.82) is 0 Å². The number of carbonyl (C=O) groups excluding carboxylic acids is 1. The van der Waals surface area contributed by atoms with E-state index in [9.17, 15) is 9.59 Å². The zero-order chi connectivity index (χ0) is 18.7. The zero-order valence-corrected chi connectivity index (χ0v) is 15.2. The molecule has 26 heavy (non-hydrogen) atoms. The van der Waals surface area contributed by atoms with Gasteiger partial charge in [-0.2, -0.15) is 5.10 Å². The number of anilines is 1. The van der Waals surface area contributed by atoms with E-state index in [-0.39, 0.29) is 18.0 Å².